The predicted octanol–water partition coefficient (Wildman–Crippen LogP) is 2.69. The molecule has 0 saturated heterocycles. The first-order valence-corrected chi connectivity index (χ1v) is 6.85. The fourth-order valence-corrected chi connectivity index (χ4v) is 2.24. The molecule has 0 fully saturated rings. The fourth-order valence-electron chi connectivity index (χ4n) is 1.72. The Bertz CT molecular complexity index is 676. The van der Waals surface area contributed by atoms with Crippen LogP contribution in [0.2, 0.25) is 0 Å². The van der Waals surface area contributed by atoms with E-state index in [1.54, 1.807) is 30.9 Å². The summed E-state index contributed by atoms with van der Waals surface area (Å²) < 4.78 is 7.06. The van der Waals surface area contributed by atoms with Crippen LogP contribution in [0.25, 0.3) is 5.69 Å². The van der Waals surface area contributed by atoms with E-state index in [9.17, 15) is 4.79 Å². The van der Waals surface area contributed by atoms with Crippen LogP contribution in [0.5, 0.6) is 0 Å². The molecule has 1 aromatic carbocycles. The molecule has 0 bridgehead atoms. The summed E-state index contributed by atoms with van der Waals surface area (Å²) >= 11 is 1.46. The smallest absolute Gasteiger partial charge is 0.338 e. The standard InChI is InChI=1S/C14H11N3O2S/c18-14(19-9-13-16-6-8-20-13)11-1-3-12(4-2-11)17-7-5-15-10-17/h1-8,10H,9H2. The van der Waals surface area contributed by atoms with E-state index in [0.717, 1.165) is 10.7 Å². The first-order valence-electron chi connectivity index (χ1n) is 5.97. The van der Waals surface area contributed by atoms with Crippen molar-refractivity contribution >= 4 is 17.3 Å². The second-order valence-electron chi connectivity index (χ2n) is 4.02. The minimum Gasteiger partial charge on any atom is -0.455 e. The Balaban J connectivity index is 1.66. The molecule has 20 heavy (non-hydrogen) atoms. The van der Waals surface area contributed by atoms with Gasteiger partial charge in [0.25, 0.3) is 0 Å². The van der Waals surface area contributed by atoms with Crippen molar-refractivity contribution in [3.8, 4) is 5.69 Å². The lowest BCUT2D eigenvalue weighted by Crippen LogP contribution is -2.05. The van der Waals surface area contributed by atoms with E-state index in [4.69, 9.17) is 4.74 Å². The van der Waals surface area contributed by atoms with E-state index in [2.05, 4.69) is 9.97 Å². The fraction of sp³-hybridized carbons (Fsp3) is 0.0714. The van der Waals surface area contributed by atoms with Gasteiger partial charge in [0.2, 0.25) is 0 Å². The van der Waals surface area contributed by atoms with Crippen molar-refractivity contribution in [2.45, 2.75) is 6.61 Å². The quantitative estimate of drug-likeness (QED) is 0.692. The largest absolute Gasteiger partial charge is 0.455 e. The maximum absolute atomic E-state index is 11.9. The molecule has 0 spiro atoms. The molecule has 5 nitrogen and oxygen atoms in total. The van der Waals surface area contributed by atoms with Gasteiger partial charge in [0, 0.05) is 29.7 Å². The third kappa shape index (κ3) is 2.75. The lowest BCUT2D eigenvalue weighted by atomic mass is 10.2. The number of imidazole rings is 1. The number of aromatic nitrogens is 3. The first kappa shape index (κ1) is 12.6. The van der Waals surface area contributed by atoms with Crippen LogP contribution in [0.15, 0.2) is 54.6 Å². The Morgan fingerprint density at radius 1 is 1.25 bits per heavy atom. The van der Waals surface area contributed by atoms with Crippen molar-refractivity contribution in [2.24, 2.45) is 0 Å². The van der Waals surface area contributed by atoms with Gasteiger partial charge in [-0.15, -0.1) is 11.3 Å². The van der Waals surface area contributed by atoms with Crippen LogP contribution in [0.1, 0.15) is 15.4 Å². The van der Waals surface area contributed by atoms with Gasteiger partial charge in [-0.05, 0) is 24.3 Å². The summed E-state index contributed by atoms with van der Waals surface area (Å²) in [5, 5.41) is 2.64. The van der Waals surface area contributed by atoms with Crippen molar-refractivity contribution in [3.05, 3.63) is 65.1 Å². The summed E-state index contributed by atoms with van der Waals surface area (Å²) in [6.07, 6.45) is 6.94. The Kier molecular flexibility index (Phi) is 3.56. The topological polar surface area (TPSA) is 57.0 Å². The monoisotopic (exact) mass is 285 g/mol. The third-order valence-corrected chi connectivity index (χ3v) is 3.47. The molecule has 2 heterocycles. The average molecular weight is 285 g/mol. The molecule has 0 aliphatic rings. The molecule has 0 unspecified atom stereocenters. The van der Waals surface area contributed by atoms with Crippen LogP contribution in [-0.4, -0.2) is 20.5 Å². The Morgan fingerprint density at radius 3 is 2.75 bits per heavy atom. The summed E-state index contributed by atoms with van der Waals surface area (Å²) in [6, 6.07) is 7.17. The van der Waals surface area contributed by atoms with Crippen LogP contribution >= 0.6 is 11.3 Å². The van der Waals surface area contributed by atoms with E-state index in [-0.39, 0.29) is 12.6 Å². The number of carbonyl (C=O) groups is 1. The van der Waals surface area contributed by atoms with Crippen LogP contribution in [0, 0.1) is 0 Å². The number of rotatable bonds is 4. The zero-order valence-corrected chi connectivity index (χ0v) is 11.3. The SMILES string of the molecule is O=C(OCc1nccs1)c1ccc(-n2ccnc2)cc1. The van der Waals surface area contributed by atoms with Crippen LogP contribution < -0.4 is 0 Å². The molecule has 0 saturated carbocycles. The Morgan fingerprint density at radius 2 is 2.10 bits per heavy atom. The number of hydrogen-bond acceptors (Lipinski definition) is 5. The lowest BCUT2D eigenvalue weighted by molar-refractivity contribution is 0.0472. The lowest BCUT2D eigenvalue weighted by Gasteiger charge is -2.05. The minimum atomic E-state index is -0.350. The zero-order valence-electron chi connectivity index (χ0n) is 10.5. The molecule has 0 N–H and O–H groups in total. The average Bonchev–Trinajstić information content (AvgIpc) is 3.18. The second-order valence-corrected chi connectivity index (χ2v) is 5.00. The summed E-state index contributed by atoms with van der Waals surface area (Å²) in [5.41, 5.74) is 1.46. The number of esters is 1. The van der Waals surface area contributed by atoms with Crippen molar-refractivity contribution in [3.63, 3.8) is 0 Å². The zero-order chi connectivity index (χ0) is 13.8. The van der Waals surface area contributed by atoms with Crippen molar-refractivity contribution < 1.29 is 9.53 Å². The van der Waals surface area contributed by atoms with E-state index in [1.165, 1.54) is 11.3 Å². The van der Waals surface area contributed by atoms with E-state index < -0.39 is 0 Å². The van der Waals surface area contributed by atoms with E-state index in [1.807, 2.05) is 28.3 Å². The van der Waals surface area contributed by atoms with Crippen LogP contribution in [0.3, 0.4) is 0 Å². The molecule has 6 heteroatoms. The van der Waals surface area contributed by atoms with E-state index in [0.29, 0.717) is 5.56 Å². The molecule has 0 aliphatic heterocycles. The summed E-state index contributed by atoms with van der Waals surface area (Å²) in [4.78, 5) is 19.9. The van der Waals surface area contributed by atoms with Gasteiger partial charge in [-0.25, -0.2) is 14.8 Å². The molecular weight excluding hydrogens is 274 g/mol. The molecule has 100 valence electrons. The Hall–Kier alpha value is -2.47. The predicted molar refractivity (Wildman–Crippen MR) is 74.8 cm³/mol. The number of hydrogen-bond donors (Lipinski definition) is 0. The maximum atomic E-state index is 11.9. The van der Waals surface area contributed by atoms with Gasteiger partial charge in [0.1, 0.15) is 11.6 Å². The maximum Gasteiger partial charge on any atom is 0.338 e. The van der Waals surface area contributed by atoms with Crippen molar-refractivity contribution in [1.82, 2.24) is 14.5 Å². The molecule has 2 aromatic heterocycles. The summed E-state index contributed by atoms with van der Waals surface area (Å²) in [7, 11) is 0. The number of carbonyl (C=O) groups excluding carboxylic acids is 1. The molecule has 0 radical (unpaired) electrons. The third-order valence-electron chi connectivity index (χ3n) is 2.72. The van der Waals surface area contributed by atoms with Gasteiger partial charge in [-0.1, -0.05) is 0 Å². The van der Waals surface area contributed by atoms with Gasteiger partial charge < -0.3 is 9.30 Å². The van der Waals surface area contributed by atoms with Gasteiger partial charge in [0.05, 0.1) is 11.9 Å². The van der Waals surface area contributed by atoms with Crippen LogP contribution in [0.4, 0.5) is 0 Å². The van der Waals surface area contributed by atoms with Gasteiger partial charge in [0.15, 0.2) is 0 Å². The summed E-state index contributed by atoms with van der Waals surface area (Å²) in [5.74, 6) is -0.350. The highest BCUT2D eigenvalue weighted by atomic mass is 32.1. The summed E-state index contributed by atoms with van der Waals surface area (Å²) in [6.45, 7) is 0.208. The normalized spacial score (nSPS) is 10.4. The Labute approximate surface area is 119 Å². The number of benzene rings is 1. The molecule has 0 amide bonds. The molecule has 0 atom stereocenters. The second kappa shape index (κ2) is 5.66. The highest BCUT2D eigenvalue weighted by Crippen LogP contribution is 2.12. The molecule has 0 aliphatic carbocycles. The highest BCUT2D eigenvalue weighted by molar-refractivity contribution is 7.09. The van der Waals surface area contributed by atoms with Crippen molar-refractivity contribution in [1.29, 1.82) is 0 Å². The van der Waals surface area contributed by atoms with Gasteiger partial charge in [-0.2, -0.15) is 0 Å². The molecular formula is C14H11N3O2S. The van der Waals surface area contributed by atoms with Gasteiger partial charge in [-0.3, -0.25) is 0 Å². The molecule has 3 aromatic rings. The number of nitrogens with zero attached hydrogens (tertiary/aromatic N) is 3. The van der Waals surface area contributed by atoms with Gasteiger partial charge >= 0.3 is 5.97 Å². The number of thiazole rings is 1. The highest BCUT2D eigenvalue weighted by Gasteiger charge is 2.08. The first-order chi connectivity index (χ1) is 9.83. The number of ether oxygens (including phenoxy) is 1. The van der Waals surface area contributed by atoms with Crippen LogP contribution in [-0.2, 0) is 11.3 Å². The molecule has 3 rings (SSSR count). The minimum absolute atomic E-state index is 0.208. The van der Waals surface area contributed by atoms with E-state index >= 15 is 0 Å². The van der Waals surface area contributed by atoms with Crippen molar-refractivity contribution in [2.75, 3.05) is 0 Å².